The minimum absolute atomic E-state index is 0.803. The second kappa shape index (κ2) is 7.82. The predicted molar refractivity (Wildman–Crippen MR) is 106 cm³/mol. The van der Waals surface area contributed by atoms with Crippen molar-refractivity contribution in [3.63, 3.8) is 0 Å². The maximum Gasteiger partial charge on any atom is 0.152 e. The zero-order valence-corrected chi connectivity index (χ0v) is 15.8. The summed E-state index contributed by atoms with van der Waals surface area (Å²) in [6.07, 6.45) is 11.1. The Morgan fingerprint density at radius 2 is 1.85 bits per heavy atom. The molecule has 4 aliphatic rings. The Morgan fingerprint density at radius 3 is 2.77 bits per heavy atom. The quantitative estimate of drug-likeness (QED) is 0.672. The van der Waals surface area contributed by atoms with Gasteiger partial charge in [0, 0.05) is 32.6 Å². The van der Waals surface area contributed by atoms with Gasteiger partial charge in [-0.3, -0.25) is 9.88 Å². The summed E-state index contributed by atoms with van der Waals surface area (Å²) in [7, 11) is 2.25. The van der Waals surface area contributed by atoms with Crippen LogP contribution in [0.5, 0.6) is 0 Å². The molecule has 1 aromatic heterocycles. The molecule has 0 aromatic carbocycles. The zero-order valence-electron chi connectivity index (χ0n) is 15.8. The van der Waals surface area contributed by atoms with Crippen molar-refractivity contribution in [1.29, 1.82) is 0 Å². The van der Waals surface area contributed by atoms with E-state index in [2.05, 4.69) is 59.4 Å². The molecule has 5 heteroatoms. The standard InChI is InChI=1S/C21H30N5/c1-24-11-6-14-25-13-4-2-3-8-21-18-26(23-21,15-7-12-24)17-20-10-5-9-19(16-25)22-20/h2-5,8-10H,6-7,11-18H2,1H3/q+1. The van der Waals surface area contributed by atoms with Gasteiger partial charge in [0.15, 0.2) is 12.3 Å². The number of nitrogens with zero attached hydrogens (tertiary/aromatic N) is 5. The van der Waals surface area contributed by atoms with Gasteiger partial charge in [-0.1, -0.05) is 29.4 Å². The van der Waals surface area contributed by atoms with Crippen molar-refractivity contribution in [2.24, 2.45) is 5.10 Å². The third-order valence-electron chi connectivity index (χ3n) is 5.53. The molecule has 0 saturated heterocycles. The monoisotopic (exact) mass is 352 g/mol. The molecule has 0 amide bonds. The molecule has 5 rings (SSSR count). The average molecular weight is 353 g/mol. The van der Waals surface area contributed by atoms with Gasteiger partial charge in [-0.15, -0.1) is 0 Å². The molecular formula is C21H30N5+. The first kappa shape index (κ1) is 17.6. The van der Waals surface area contributed by atoms with Crippen LogP contribution < -0.4 is 0 Å². The Bertz CT molecular complexity index is 723. The normalized spacial score (nSPS) is 30.0. The van der Waals surface area contributed by atoms with E-state index >= 15 is 0 Å². The smallest absolute Gasteiger partial charge is 0.152 e. The van der Waals surface area contributed by atoms with Crippen molar-refractivity contribution in [1.82, 2.24) is 14.8 Å². The summed E-state index contributed by atoms with van der Waals surface area (Å²) in [6, 6.07) is 6.50. The first-order valence-corrected chi connectivity index (χ1v) is 9.85. The SMILES string of the molecule is CN1CCCN2CC=CC=CC3=N[N+](CCC1)(C3)Cc1cccc(n1)C2. The number of fused-ring (bicyclic) bond motifs is 2. The van der Waals surface area contributed by atoms with Gasteiger partial charge >= 0.3 is 0 Å². The van der Waals surface area contributed by atoms with Crippen LogP contribution in [-0.4, -0.2) is 71.4 Å². The van der Waals surface area contributed by atoms with Crippen molar-refractivity contribution in [3.05, 3.63) is 53.9 Å². The number of allylic oxidation sites excluding steroid dienone is 2. The van der Waals surface area contributed by atoms with Gasteiger partial charge < -0.3 is 4.90 Å². The highest BCUT2D eigenvalue weighted by Gasteiger charge is 2.38. The van der Waals surface area contributed by atoms with Crippen LogP contribution in [0.4, 0.5) is 0 Å². The molecule has 1 spiro atoms. The Kier molecular flexibility index (Phi) is 5.29. The number of quaternary nitrogens is 1. The van der Waals surface area contributed by atoms with Crippen molar-refractivity contribution < 1.29 is 4.59 Å². The molecule has 0 saturated carbocycles. The highest BCUT2D eigenvalue weighted by Crippen LogP contribution is 2.24. The Balaban J connectivity index is 1.69. The van der Waals surface area contributed by atoms with E-state index in [-0.39, 0.29) is 0 Å². The average Bonchev–Trinajstić information content (AvgIpc) is 2.58. The van der Waals surface area contributed by atoms with E-state index < -0.39 is 0 Å². The summed E-state index contributed by atoms with van der Waals surface area (Å²) in [5.74, 6) is 0. The van der Waals surface area contributed by atoms with Crippen molar-refractivity contribution in [2.75, 3.05) is 46.3 Å². The summed E-state index contributed by atoms with van der Waals surface area (Å²) in [5.41, 5.74) is 3.56. The van der Waals surface area contributed by atoms with Gasteiger partial charge in [0.25, 0.3) is 0 Å². The molecule has 0 fully saturated rings. The van der Waals surface area contributed by atoms with Crippen LogP contribution in [0.2, 0.25) is 0 Å². The maximum atomic E-state index is 5.01. The summed E-state index contributed by atoms with van der Waals surface area (Å²) < 4.78 is 0.803. The van der Waals surface area contributed by atoms with Gasteiger partial charge in [-0.05, 0) is 38.2 Å². The molecule has 0 N–H and O–H groups in total. The van der Waals surface area contributed by atoms with Gasteiger partial charge in [-0.25, -0.2) is 0 Å². The molecule has 0 radical (unpaired) electrons. The fourth-order valence-electron chi connectivity index (χ4n) is 4.19. The van der Waals surface area contributed by atoms with Crippen molar-refractivity contribution in [3.8, 4) is 0 Å². The van der Waals surface area contributed by atoms with Gasteiger partial charge in [0.2, 0.25) is 0 Å². The molecule has 4 aliphatic heterocycles. The Labute approximate surface area is 156 Å². The van der Waals surface area contributed by atoms with Crippen LogP contribution in [0, 0.1) is 0 Å². The molecular weight excluding hydrogens is 322 g/mol. The highest BCUT2D eigenvalue weighted by atomic mass is 15.7. The van der Waals surface area contributed by atoms with Crippen LogP contribution in [0.25, 0.3) is 0 Å². The van der Waals surface area contributed by atoms with Gasteiger partial charge in [0.1, 0.15) is 13.1 Å². The number of pyridine rings is 1. The molecule has 2 atom stereocenters. The summed E-state index contributed by atoms with van der Waals surface area (Å²) >= 11 is 0. The van der Waals surface area contributed by atoms with E-state index in [4.69, 9.17) is 10.1 Å². The Hall–Kier alpha value is -1.82. The predicted octanol–water partition coefficient (Wildman–Crippen LogP) is 2.42. The highest BCUT2D eigenvalue weighted by molar-refractivity contribution is 5.97. The second-order valence-corrected chi connectivity index (χ2v) is 7.88. The number of aromatic nitrogens is 1. The van der Waals surface area contributed by atoms with Crippen LogP contribution in [0.1, 0.15) is 24.2 Å². The van der Waals surface area contributed by atoms with E-state index in [0.29, 0.717) is 0 Å². The van der Waals surface area contributed by atoms with Crippen molar-refractivity contribution >= 4 is 5.71 Å². The van der Waals surface area contributed by atoms with E-state index in [0.717, 1.165) is 57.0 Å². The molecule has 5 heterocycles. The van der Waals surface area contributed by atoms with Crippen LogP contribution in [0.15, 0.2) is 47.6 Å². The molecule has 26 heavy (non-hydrogen) atoms. The number of rotatable bonds is 0. The topological polar surface area (TPSA) is 31.7 Å². The number of hydrogen-bond acceptors (Lipinski definition) is 4. The minimum Gasteiger partial charge on any atom is -0.306 e. The van der Waals surface area contributed by atoms with E-state index in [1.807, 2.05) is 0 Å². The van der Waals surface area contributed by atoms with E-state index in [1.165, 1.54) is 29.9 Å². The third-order valence-corrected chi connectivity index (χ3v) is 5.53. The Morgan fingerprint density at radius 1 is 1.00 bits per heavy atom. The fraction of sp³-hybridized carbons (Fsp3) is 0.524. The number of hydrogen-bond donors (Lipinski definition) is 0. The largest absolute Gasteiger partial charge is 0.306 e. The van der Waals surface area contributed by atoms with Crippen LogP contribution in [-0.2, 0) is 13.1 Å². The first-order chi connectivity index (χ1) is 12.7. The minimum atomic E-state index is 0.803. The molecule has 2 unspecified atom stereocenters. The summed E-state index contributed by atoms with van der Waals surface area (Å²) in [4.78, 5) is 9.96. The lowest BCUT2D eigenvalue weighted by atomic mass is 10.1. The molecule has 0 aliphatic carbocycles. The molecule has 138 valence electrons. The zero-order chi connectivity index (χ0) is 17.8. The van der Waals surface area contributed by atoms with Crippen LogP contribution >= 0.6 is 0 Å². The molecule has 1 aromatic rings. The summed E-state index contributed by atoms with van der Waals surface area (Å²) in [5, 5.41) is 5.01. The van der Waals surface area contributed by atoms with E-state index in [9.17, 15) is 0 Å². The lowest BCUT2D eigenvalue weighted by Gasteiger charge is -2.39. The second-order valence-electron chi connectivity index (χ2n) is 7.88. The molecule has 5 bridgehead atoms. The summed E-state index contributed by atoms with van der Waals surface area (Å²) in [6.45, 7) is 8.31. The lowest BCUT2D eigenvalue weighted by Crippen LogP contribution is -2.54. The third kappa shape index (κ3) is 4.29. The molecule has 5 nitrogen and oxygen atoms in total. The first-order valence-electron chi connectivity index (χ1n) is 9.85. The maximum absolute atomic E-state index is 5.01. The van der Waals surface area contributed by atoms with Gasteiger partial charge in [-0.2, -0.15) is 4.59 Å². The fourth-order valence-corrected chi connectivity index (χ4v) is 4.19. The van der Waals surface area contributed by atoms with Crippen molar-refractivity contribution in [2.45, 2.75) is 25.9 Å². The lowest BCUT2D eigenvalue weighted by molar-refractivity contribution is -0.955. The van der Waals surface area contributed by atoms with Crippen LogP contribution in [0.3, 0.4) is 0 Å². The van der Waals surface area contributed by atoms with E-state index in [1.54, 1.807) is 0 Å². The van der Waals surface area contributed by atoms with Gasteiger partial charge in [0.05, 0.1) is 11.4 Å².